The second kappa shape index (κ2) is 16.2. The van der Waals surface area contributed by atoms with Gasteiger partial charge in [-0.25, -0.2) is 4.79 Å². The molecule has 0 saturated carbocycles. The predicted molar refractivity (Wildman–Crippen MR) is 157 cm³/mol. The highest BCUT2D eigenvalue weighted by Crippen LogP contribution is 2.16. The number of nitrogens with zero attached hydrogens (tertiary/aromatic N) is 1. The van der Waals surface area contributed by atoms with Crippen LogP contribution in [0.4, 0.5) is 4.79 Å². The highest BCUT2D eigenvalue weighted by molar-refractivity contribution is 5.94. The molecule has 8 nitrogen and oxygen atoms in total. The number of aliphatic hydroxyl groups is 1. The molecule has 0 unspecified atom stereocenters. The van der Waals surface area contributed by atoms with Crippen molar-refractivity contribution in [1.82, 2.24) is 10.2 Å². The zero-order valence-corrected chi connectivity index (χ0v) is 24.0. The van der Waals surface area contributed by atoms with Gasteiger partial charge in [-0.2, -0.15) is 0 Å². The maximum atomic E-state index is 13.3. The van der Waals surface area contributed by atoms with Crippen molar-refractivity contribution in [2.24, 2.45) is 0 Å². The Hall–Kier alpha value is -4.17. The number of ether oxygens (including phenoxy) is 2. The minimum absolute atomic E-state index is 0.00703. The van der Waals surface area contributed by atoms with Crippen molar-refractivity contribution in [1.29, 1.82) is 0 Å². The molecule has 0 heterocycles. The third-order valence-electron chi connectivity index (χ3n) is 6.68. The molecule has 8 heteroatoms. The van der Waals surface area contributed by atoms with Crippen LogP contribution in [0.5, 0.6) is 0 Å². The summed E-state index contributed by atoms with van der Waals surface area (Å²) >= 11 is 0. The molecule has 3 rings (SSSR count). The Kier molecular flexibility index (Phi) is 12.4. The number of carbonyl (C=O) groups excluding carboxylic acids is 3. The SMILES string of the molecule is CCC[C@H](O)[C@H](CN(Cc1ccc(C)cc1C)C(=O)OCc1ccccc1)NC(=O)CC(=O)OCc1ccccc1. The summed E-state index contributed by atoms with van der Waals surface area (Å²) in [5.74, 6) is -1.27. The largest absolute Gasteiger partial charge is 0.460 e. The minimum atomic E-state index is -0.937. The summed E-state index contributed by atoms with van der Waals surface area (Å²) in [6.45, 7) is 6.26. The van der Waals surface area contributed by atoms with Crippen molar-refractivity contribution >= 4 is 18.0 Å². The van der Waals surface area contributed by atoms with Gasteiger partial charge < -0.3 is 24.8 Å². The molecule has 0 fully saturated rings. The molecule has 0 aliphatic carbocycles. The van der Waals surface area contributed by atoms with Crippen LogP contribution in [0.1, 0.15) is 54.0 Å². The first kappa shape index (κ1) is 31.4. The molecular weight excluding hydrogens is 520 g/mol. The smallest absolute Gasteiger partial charge is 0.410 e. The Balaban J connectivity index is 1.71. The van der Waals surface area contributed by atoms with Gasteiger partial charge in [0.05, 0.1) is 12.1 Å². The fourth-order valence-corrected chi connectivity index (χ4v) is 4.42. The molecule has 0 aromatic heterocycles. The highest BCUT2D eigenvalue weighted by Gasteiger charge is 2.28. The molecule has 2 amide bonds. The van der Waals surface area contributed by atoms with Gasteiger partial charge in [0.2, 0.25) is 5.91 Å². The van der Waals surface area contributed by atoms with Crippen LogP contribution in [-0.4, -0.2) is 46.7 Å². The molecule has 0 saturated heterocycles. The molecule has 3 aromatic rings. The molecule has 2 N–H and O–H groups in total. The third-order valence-corrected chi connectivity index (χ3v) is 6.68. The molecule has 2 atom stereocenters. The number of amides is 2. The molecule has 41 heavy (non-hydrogen) atoms. The monoisotopic (exact) mass is 560 g/mol. The van der Waals surface area contributed by atoms with Crippen molar-refractivity contribution < 1.29 is 29.0 Å². The lowest BCUT2D eigenvalue weighted by molar-refractivity contribution is -0.148. The summed E-state index contributed by atoms with van der Waals surface area (Å²) in [5.41, 5.74) is 4.70. The molecule has 0 aliphatic heterocycles. The molecule has 0 spiro atoms. The number of rotatable bonds is 14. The summed E-state index contributed by atoms with van der Waals surface area (Å²) in [6, 6.07) is 23.7. The van der Waals surface area contributed by atoms with Gasteiger partial charge in [0.15, 0.2) is 0 Å². The third kappa shape index (κ3) is 10.7. The van der Waals surface area contributed by atoms with Crippen LogP contribution in [0.15, 0.2) is 78.9 Å². The Labute approximate surface area is 242 Å². The first-order valence-electron chi connectivity index (χ1n) is 13.9. The van der Waals surface area contributed by atoms with Crippen molar-refractivity contribution in [2.75, 3.05) is 6.54 Å². The van der Waals surface area contributed by atoms with Gasteiger partial charge >= 0.3 is 12.1 Å². The highest BCUT2D eigenvalue weighted by atomic mass is 16.6. The van der Waals surface area contributed by atoms with Gasteiger partial charge in [0.25, 0.3) is 0 Å². The van der Waals surface area contributed by atoms with Gasteiger partial charge in [-0.1, -0.05) is 97.8 Å². The van der Waals surface area contributed by atoms with Gasteiger partial charge in [-0.05, 0) is 42.5 Å². The second-order valence-corrected chi connectivity index (χ2v) is 10.2. The number of hydrogen-bond acceptors (Lipinski definition) is 6. The Bertz CT molecular complexity index is 1270. The fraction of sp³-hybridized carbons (Fsp3) is 0.364. The number of aryl methyl sites for hydroxylation is 2. The summed E-state index contributed by atoms with van der Waals surface area (Å²) in [7, 11) is 0. The number of carbonyl (C=O) groups is 3. The number of esters is 1. The van der Waals surface area contributed by atoms with Crippen LogP contribution >= 0.6 is 0 Å². The lowest BCUT2D eigenvalue weighted by Gasteiger charge is -2.31. The van der Waals surface area contributed by atoms with E-state index in [2.05, 4.69) is 5.32 Å². The maximum Gasteiger partial charge on any atom is 0.410 e. The first-order chi connectivity index (χ1) is 19.7. The van der Waals surface area contributed by atoms with Crippen molar-refractivity contribution in [3.8, 4) is 0 Å². The number of hydrogen-bond donors (Lipinski definition) is 2. The summed E-state index contributed by atoms with van der Waals surface area (Å²) in [4.78, 5) is 40.0. The Morgan fingerprint density at radius 3 is 2.07 bits per heavy atom. The van der Waals surface area contributed by atoms with E-state index in [1.807, 2.05) is 99.6 Å². The van der Waals surface area contributed by atoms with E-state index in [1.54, 1.807) is 0 Å². The van der Waals surface area contributed by atoms with Crippen LogP contribution < -0.4 is 5.32 Å². The minimum Gasteiger partial charge on any atom is -0.460 e. The average molecular weight is 561 g/mol. The topological polar surface area (TPSA) is 105 Å². The van der Waals surface area contributed by atoms with Crippen LogP contribution in [-0.2, 0) is 38.8 Å². The average Bonchev–Trinajstić information content (AvgIpc) is 2.96. The molecule has 218 valence electrons. The number of benzene rings is 3. The van der Waals surface area contributed by atoms with Crippen LogP contribution in [0.3, 0.4) is 0 Å². The zero-order chi connectivity index (χ0) is 29.6. The number of nitrogens with one attached hydrogen (secondary N) is 1. The van der Waals surface area contributed by atoms with Crippen molar-refractivity contribution in [3.63, 3.8) is 0 Å². The van der Waals surface area contributed by atoms with Gasteiger partial charge in [-0.3, -0.25) is 9.59 Å². The lowest BCUT2D eigenvalue weighted by Crippen LogP contribution is -2.52. The zero-order valence-electron chi connectivity index (χ0n) is 24.0. The Morgan fingerprint density at radius 1 is 0.878 bits per heavy atom. The van der Waals surface area contributed by atoms with Gasteiger partial charge in [0.1, 0.15) is 19.6 Å². The quantitative estimate of drug-likeness (QED) is 0.207. The maximum absolute atomic E-state index is 13.3. The van der Waals surface area contributed by atoms with E-state index < -0.39 is 36.5 Å². The van der Waals surface area contributed by atoms with E-state index in [9.17, 15) is 19.5 Å². The molecule has 0 bridgehead atoms. The van der Waals surface area contributed by atoms with Crippen LogP contribution in [0.2, 0.25) is 0 Å². The van der Waals surface area contributed by atoms with Crippen LogP contribution in [0.25, 0.3) is 0 Å². The van der Waals surface area contributed by atoms with Crippen molar-refractivity contribution in [3.05, 3.63) is 107 Å². The second-order valence-electron chi connectivity index (χ2n) is 10.2. The van der Waals surface area contributed by atoms with E-state index in [0.29, 0.717) is 12.8 Å². The van der Waals surface area contributed by atoms with Crippen molar-refractivity contribution in [2.45, 2.75) is 71.9 Å². The van der Waals surface area contributed by atoms with E-state index in [4.69, 9.17) is 9.47 Å². The normalized spacial score (nSPS) is 12.2. The fourth-order valence-electron chi connectivity index (χ4n) is 4.42. The summed E-state index contributed by atoms with van der Waals surface area (Å²) in [5, 5.41) is 13.7. The van der Waals surface area contributed by atoms with Crippen LogP contribution in [0, 0.1) is 13.8 Å². The van der Waals surface area contributed by atoms with Gasteiger partial charge in [0, 0.05) is 13.1 Å². The van der Waals surface area contributed by atoms with E-state index >= 15 is 0 Å². The summed E-state index contributed by atoms with van der Waals surface area (Å²) in [6.07, 6.45) is -0.938. The molecule has 3 aromatic carbocycles. The lowest BCUT2D eigenvalue weighted by atomic mass is 10.0. The Morgan fingerprint density at radius 2 is 1.49 bits per heavy atom. The molecular formula is C33H40N2O6. The molecule has 0 radical (unpaired) electrons. The summed E-state index contributed by atoms with van der Waals surface area (Å²) < 4.78 is 10.9. The van der Waals surface area contributed by atoms with E-state index in [-0.39, 0.29) is 26.3 Å². The van der Waals surface area contributed by atoms with Gasteiger partial charge in [-0.15, -0.1) is 0 Å². The predicted octanol–water partition coefficient (Wildman–Crippen LogP) is 5.22. The first-order valence-corrected chi connectivity index (χ1v) is 13.9. The number of aliphatic hydroxyl groups excluding tert-OH is 1. The van der Waals surface area contributed by atoms with E-state index in [1.165, 1.54) is 4.90 Å². The standard InChI is InChI=1S/C33H40N2O6/c1-4-11-30(36)29(34-31(37)19-32(38)40-22-26-12-7-5-8-13-26)21-35(20-28-17-16-24(2)18-25(28)3)33(39)41-23-27-14-9-6-10-15-27/h5-10,12-18,29-30,36H,4,11,19-23H2,1-3H3,(H,34,37)/t29-,30-/m0/s1. The van der Waals surface area contributed by atoms with E-state index in [0.717, 1.165) is 27.8 Å². The molecule has 0 aliphatic rings.